The lowest BCUT2D eigenvalue weighted by Gasteiger charge is -2.13. The summed E-state index contributed by atoms with van der Waals surface area (Å²) in [6.45, 7) is 5.74. The molecule has 2 N–H and O–H groups in total. The molecule has 3 heterocycles. The minimum absolute atomic E-state index is 0.0560. The highest BCUT2D eigenvalue weighted by Crippen LogP contribution is 2.54. The van der Waals surface area contributed by atoms with E-state index in [1.165, 1.54) is 18.5 Å². The molecule has 1 aromatic carbocycles. The van der Waals surface area contributed by atoms with E-state index in [2.05, 4.69) is 34.4 Å². The Labute approximate surface area is 158 Å². The quantitative estimate of drug-likeness (QED) is 0.701. The van der Waals surface area contributed by atoms with Gasteiger partial charge in [0, 0.05) is 16.8 Å². The summed E-state index contributed by atoms with van der Waals surface area (Å²) in [6, 6.07) is 10.5. The normalized spacial score (nSPS) is 26.0. The molecule has 0 amide bonds. The molecule has 1 fully saturated rings. The van der Waals surface area contributed by atoms with Gasteiger partial charge in [-0.3, -0.25) is 9.55 Å². The van der Waals surface area contributed by atoms with E-state index in [4.69, 9.17) is 15.2 Å². The van der Waals surface area contributed by atoms with Crippen molar-refractivity contribution in [3.63, 3.8) is 0 Å². The first-order valence-corrected chi connectivity index (χ1v) is 9.58. The van der Waals surface area contributed by atoms with Crippen molar-refractivity contribution in [2.45, 2.75) is 44.8 Å². The zero-order valence-corrected chi connectivity index (χ0v) is 15.7. The number of ether oxygens (including phenoxy) is 2. The first-order chi connectivity index (χ1) is 13.1. The van der Waals surface area contributed by atoms with Gasteiger partial charge in [0.25, 0.3) is 6.01 Å². The minimum atomic E-state index is -0.0560. The van der Waals surface area contributed by atoms with Gasteiger partial charge in [-0.25, -0.2) is 0 Å². The molecule has 0 spiro atoms. The van der Waals surface area contributed by atoms with Crippen LogP contribution in [0.1, 0.15) is 32.4 Å². The average Bonchev–Trinajstić information content (AvgIpc) is 3.02. The molecule has 2 aromatic heterocycles. The lowest BCUT2D eigenvalue weighted by molar-refractivity contribution is 0.143. The van der Waals surface area contributed by atoms with E-state index in [0.29, 0.717) is 18.3 Å². The van der Waals surface area contributed by atoms with Gasteiger partial charge in [0.05, 0.1) is 23.8 Å². The van der Waals surface area contributed by atoms with Crippen LogP contribution in [0.25, 0.3) is 11.0 Å². The third-order valence-corrected chi connectivity index (χ3v) is 6.06. The van der Waals surface area contributed by atoms with Gasteiger partial charge in [-0.1, -0.05) is 20.3 Å². The van der Waals surface area contributed by atoms with E-state index in [1.807, 2.05) is 30.5 Å². The number of rotatable bonds is 5. The Kier molecular flexibility index (Phi) is 3.57. The van der Waals surface area contributed by atoms with Crippen molar-refractivity contribution in [2.24, 2.45) is 5.92 Å². The fraction of sp³-hybridized carbons (Fsp3) is 0.429. The Morgan fingerprint density at radius 1 is 1.33 bits per heavy atom. The Morgan fingerprint density at radius 2 is 2.22 bits per heavy atom. The van der Waals surface area contributed by atoms with Crippen molar-refractivity contribution in [3.05, 3.63) is 42.2 Å². The summed E-state index contributed by atoms with van der Waals surface area (Å²) in [7, 11) is 0. The fourth-order valence-electron chi connectivity index (χ4n) is 4.22. The first-order valence-electron chi connectivity index (χ1n) is 9.58. The summed E-state index contributed by atoms with van der Waals surface area (Å²) < 4.78 is 13.9. The van der Waals surface area contributed by atoms with Gasteiger partial charge >= 0.3 is 0 Å². The number of nitrogen functional groups attached to an aromatic ring is 1. The molecule has 140 valence electrons. The molecule has 1 aliphatic heterocycles. The topological polar surface area (TPSA) is 75.2 Å². The molecule has 0 saturated heterocycles. The number of hydrogen-bond acceptors (Lipinski definition) is 5. The van der Waals surface area contributed by atoms with Crippen LogP contribution < -0.4 is 15.2 Å². The van der Waals surface area contributed by atoms with Gasteiger partial charge in [-0.05, 0) is 42.7 Å². The molecule has 1 saturated carbocycles. The number of benzene rings is 1. The van der Waals surface area contributed by atoms with Crippen LogP contribution in [0.2, 0.25) is 0 Å². The number of pyridine rings is 1. The van der Waals surface area contributed by atoms with Crippen molar-refractivity contribution >= 4 is 16.7 Å². The van der Waals surface area contributed by atoms with Crippen LogP contribution in [0.4, 0.5) is 5.69 Å². The highest BCUT2D eigenvalue weighted by Gasteiger charge is 2.50. The largest absolute Gasteiger partial charge is 0.488 e. The van der Waals surface area contributed by atoms with Gasteiger partial charge in [-0.2, -0.15) is 4.98 Å². The van der Waals surface area contributed by atoms with Gasteiger partial charge in [-0.15, -0.1) is 0 Å². The fourth-order valence-corrected chi connectivity index (χ4v) is 4.22. The van der Waals surface area contributed by atoms with E-state index < -0.39 is 0 Å². The Morgan fingerprint density at radius 3 is 2.96 bits per heavy atom. The number of fused-ring (bicyclic) bond motifs is 3. The van der Waals surface area contributed by atoms with Crippen molar-refractivity contribution < 1.29 is 9.47 Å². The minimum Gasteiger partial charge on any atom is -0.488 e. The number of anilines is 1. The molecule has 3 aromatic rings. The number of imidazole rings is 1. The van der Waals surface area contributed by atoms with Crippen molar-refractivity contribution in [3.8, 4) is 11.8 Å². The van der Waals surface area contributed by atoms with Gasteiger partial charge in [0.15, 0.2) is 6.10 Å². The SMILES string of the molecule is CC[C@@H]1CC1(C)c1ccc(OC[C@@H]2Cn3c(nc4cc(N)ccc43)O2)cn1. The summed E-state index contributed by atoms with van der Waals surface area (Å²) in [5.74, 6) is 1.54. The zero-order valence-electron chi connectivity index (χ0n) is 15.7. The summed E-state index contributed by atoms with van der Waals surface area (Å²) in [6.07, 6.45) is 4.22. The van der Waals surface area contributed by atoms with Gasteiger partial charge < -0.3 is 15.2 Å². The number of aromatic nitrogens is 3. The van der Waals surface area contributed by atoms with Crippen LogP contribution in [0.15, 0.2) is 36.5 Å². The van der Waals surface area contributed by atoms with Crippen LogP contribution in [-0.4, -0.2) is 27.2 Å². The van der Waals surface area contributed by atoms with Crippen LogP contribution in [-0.2, 0) is 12.0 Å². The molecule has 27 heavy (non-hydrogen) atoms. The molecule has 1 aliphatic carbocycles. The number of nitrogens with two attached hydrogens (primary N) is 1. The Hall–Kier alpha value is -2.76. The Balaban J connectivity index is 1.22. The summed E-state index contributed by atoms with van der Waals surface area (Å²) >= 11 is 0. The molecule has 6 nitrogen and oxygen atoms in total. The average molecular weight is 364 g/mol. The number of hydrogen-bond donors (Lipinski definition) is 1. The molecule has 0 radical (unpaired) electrons. The summed E-state index contributed by atoms with van der Waals surface area (Å²) in [5, 5.41) is 0. The Bertz CT molecular complexity index is 997. The second-order valence-electron chi connectivity index (χ2n) is 7.91. The van der Waals surface area contributed by atoms with Gasteiger partial charge in [0.2, 0.25) is 0 Å². The molecule has 3 atom stereocenters. The van der Waals surface area contributed by atoms with Crippen LogP contribution in [0, 0.1) is 5.92 Å². The predicted octanol–water partition coefficient (Wildman–Crippen LogP) is 3.54. The molecule has 1 unspecified atom stereocenters. The maximum absolute atomic E-state index is 5.94. The molecule has 2 aliphatic rings. The monoisotopic (exact) mass is 364 g/mol. The smallest absolute Gasteiger partial charge is 0.297 e. The standard InChI is InChI=1S/C21H24N4O2/c1-3-13-9-21(13,2)19-7-5-15(10-23-19)26-12-16-11-25-18-6-4-14(22)8-17(18)24-20(25)27-16/h4-8,10,13,16H,3,9,11-12,22H2,1-2H3/t13-,16+,21?/m1/s1. The van der Waals surface area contributed by atoms with Crippen LogP contribution >= 0.6 is 0 Å². The van der Waals surface area contributed by atoms with Crippen LogP contribution in [0.3, 0.4) is 0 Å². The predicted molar refractivity (Wildman–Crippen MR) is 104 cm³/mol. The van der Waals surface area contributed by atoms with E-state index in [0.717, 1.165) is 29.2 Å². The second kappa shape index (κ2) is 5.87. The van der Waals surface area contributed by atoms with Crippen molar-refractivity contribution in [2.75, 3.05) is 12.3 Å². The van der Waals surface area contributed by atoms with Gasteiger partial charge in [0.1, 0.15) is 12.4 Å². The van der Waals surface area contributed by atoms with Crippen molar-refractivity contribution in [1.29, 1.82) is 0 Å². The molecule has 0 bridgehead atoms. The zero-order chi connectivity index (χ0) is 18.6. The maximum atomic E-state index is 5.94. The van der Waals surface area contributed by atoms with Crippen LogP contribution in [0.5, 0.6) is 11.8 Å². The van der Waals surface area contributed by atoms with Crippen molar-refractivity contribution in [1.82, 2.24) is 14.5 Å². The highest BCUT2D eigenvalue weighted by atomic mass is 16.6. The number of nitrogens with zero attached hydrogens (tertiary/aromatic N) is 3. The molecule has 6 heteroatoms. The lowest BCUT2D eigenvalue weighted by atomic mass is 10.00. The summed E-state index contributed by atoms with van der Waals surface area (Å²) in [4.78, 5) is 9.15. The first kappa shape index (κ1) is 16.4. The van der Waals surface area contributed by atoms with E-state index in [1.54, 1.807) is 0 Å². The third-order valence-electron chi connectivity index (χ3n) is 6.06. The maximum Gasteiger partial charge on any atom is 0.297 e. The molecular formula is C21H24N4O2. The third kappa shape index (κ3) is 2.71. The second-order valence-corrected chi connectivity index (χ2v) is 7.91. The molecular weight excluding hydrogens is 340 g/mol. The molecule has 5 rings (SSSR count). The highest BCUT2D eigenvalue weighted by molar-refractivity contribution is 5.80. The van der Waals surface area contributed by atoms with E-state index in [9.17, 15) is 0 Å². The summed E-state index contributed by atoms with van der Waals surface area (Å²) in [5.41, 5.74) is 9.86. The van der Waals surface area contributed by atoms with E-state index >= 15 is 0 Å². The lowest BCUT2D eigenvalue weighted by Crippen LogP contribution is -2.23. The van der Waals surface area contributed by atoms with E-state index in [-0.39, 0.29) is 11.5 Å².